The summed E-state index contributed by atoms with van der Waals surface area (Å²) >= 11 is 0. The minimum absolute atomic E-state index is 0.00967. The molecule has 1 aliphatic heterocycles. The number of aldehydes is 1. The van der Waals surface area contributed by atoms with Crippen LogP contribution in [0.4, 0.5) is 11.4 Å². The number of sulfonamides is 2. The van der Waals surface area contributed by atoms with Gasteiger partial charge in [0.05, 0.1) is 22.4 Å². The van der Waals surface area contributed by atoms with Crippen LogP contribution in [0.15, 0.2) is 47.4 Å². The van der Waals surface area contributed by atoms with Crippen LogP contribution in [-0.4, -0.2) is 84.3 Å². The Morgan fingerprint density at radius 2 is 1.65 bits per heavy atom. The molecule has 0 bridgehead atoms. The first-order valence-electron chi connectivity index (χ1n) is 12.0. The summed E-state index contributed by atoms with van der Waals surface area (Å²) in [5, 5.41) is 2.65. The maximum Gasteiger partial charge on any atom is 0.257 e. The van der Waals surface area contributed by atoms with Gasteiger partial charge in [-0.25, -0.2) is 16.8 Å². The quantitative estimate of drug-likeness (QED) is 0.451. The lowest BCUT2D eigenvalue weighted by molar-refractivity contribution is 0.102. The van der Waals surface area contributed by atoms with Crippen LogP contribution in [-0.2, 0) is 20.0 Å². The summed E-state index contributed by atoms with van der Waals surface area (Å²) in [5.41, 5.74) is 0.635. The van der Waals surface area contributed by atoms with Gasteiger partial charge in [0.15, 0.2) is 0 Å². The van der Waals surface area contributed by atoms with Gasteiger partial charge >= 0.3 is 0 Å². The fourth-order valence-electron chi connectivity index (χ4n) is 3.95. The zero-order chi connectivity index (χ0) is 27.4. The number of benzene rings is 2. The van der Waals surface area contributed by atoms with Crippen molar-refractivity contribution < 1.29 is 26.4 Å². The van der Waals surface area contributed by atoms with Gasteiger partial charge in [0.1, 0.15) is 6.29 Å². The highest BCUT2D eigenvalue weighted by atomic mass is 32.2. The molecule has 1 saturated heterocycles. The lowest BCUT2D eigenvalue weighted by atomic mass is 10.1. The van der Waals surface area contributed by atoms with E-state index in [0.717, 1.165) is 23.5 Å². The second-order valence-corrected chi connectivity index (χ2v) is 13.5. The summed E-state index contributed by atoms with van der Waals surface area (Å²) in [5.74, 6) is -0.0377. The minimum atomic E-state index is -3.68. The molecule has 0 atom stereocenters. The number of anilines is 2. The zero-order valence-electron chi connectivity index (χ0n) is 21.5. The molecule has 1 fully saturated rings. The first kappa shape index (κ1) is 28.8. The molecule has 1 heterocycles. The highest BCUT2D eigenvalue weighted by Gasteiger charge is 2.28. The third-order valence-corrected chi connectivity index (χ3v) is 9.45. The Labute approximate surface area is 219 Å². The van der Waals surface area contributed by atoms with Crippen molar-refractivity contribution in [1.29, 1.82) is 0 Å². The summed E-state index contributed by atoms with van der Waals surface area (Å²) in [6.45, 7) is 7.50. The van der Waals surface area contributed by atoms with Crippen molar-refractivity contribution in [1.82, 2.24) is 9.21 Å². The predicted molar refractivity (Wildman–Crippen MR) is 144 cm³/mol. The molecule has 1 aliphatic rings. The number of carbonyl (C=O) groups is 2. The topological polar surface area (TPSA) is 124 Å². The van der Waals surface area contributed by atoms with E-state index in [4.69, 9.17) is 0 Å². The maximum absolute atomic E-state index is 13.1. The van der Waals surface area contributed by atoms with Gasteiger partial charge in [-0.05, 0) is 61.3 Å². The van der Waals surface area contributed by atoms with E-state index in [1.54, 1.807) is 0 Å². The molecule has 0 aliphatic carbocycles. The molecule has 37 heavy (non-hydrogen) atoms. The average Bonchev–Trinajstić information content (AvgIpc) is 2.86. The third-order valence-electron chi connectivity index (χ3n) is 6.34. The summed E-state index contributed by atoms with van der Waals surface area (Å²) < 4.78 is 52.7. The number of hydrogen-bond acceptors (Lipinski definition) is 7. The molecule has 1 N–H and O–H groups in total. The molecule has 12 heteroatoms. The van der Waals surface area contributed by atoms with E-state index in [1.165, 1.54) is 53.8 Å². The monoisotopic (exact) mass is 550 g/mol. The van der Waals surface area contributed by atoms with E-state index in [0.29, 0.717) is 44.1 Å². The number of amides is 1. The largest absolute Gasteiger partial charge is 0.322 e. The molecule has 3 rings (SSSR count). The standard InChI is InChI=1S/C25H34N4O6S2/c1-19(2)11-12-28-13-15-29(16-14-28)37(34,35)22-8-6-21(7-9-22)26-25(31)23-17-20(18-30)5-10-24(23)27(3)36(4,32)33/h5-10,17-19H,11-16H2,1-4H3,(H,26,31). The van der Waals surface area contributed by atoms with E-state index >= 15 is 0 Å². The van der Waals surface area contributed by atoms with Crippen LogP contribution in [0.2, 0.25) is 0 Å². The predicted octanol–water partition coefficient (Wildman–Crippen LogP) is 2.50. The van der Waals surface area contributed by atoms with E-state index < -0.39 is 26.0 Å². The van der Waals surface area contributed by atoms with Crippen molar-refractivity contribution in [3.05, 3.63) is 53.6 Å². The SMILES string of the molecule is CC(C)CCN1CCN(S(=O)(=O)c2ccc(NC(=O)c3cc(C=O)ccc3N(C)S(C)(=O)=O)cc2)CC1. The van der Waals surface area contributed by atoms with E-state index in [9.17, 15) is 26.4 Å². The Bertz CT molecular complexity index is 1330. The lowest BCUT2D eigenvalue weighted by Crippen LogP contribution is -2.48. The van der Waals surface area contributed by atoms with Gasteiger partial charge < -0.3 is 10.2 Å². The van der Waals surface area contributed by atoms with Gasteiger partial charge in [-0.1, -0.05) is 13.8 Å². The molecule has 202 valence electrons. The van der Waals surface area contributed by atoms with Gasteiger partial charge in [0.2, 0.25) is 20.0 Å². The van der Waals surface area contributed by atoms with Crippen molar-refractivity contribution in [3.63, 3.8) is 0 Å². The van der Waals surface area contributed by atoms with E-state index in [2.05, 4.69) is 24.1 Å². The molecule has 2 aromatic rings. The Morgan fingerprint density at radius 1 is 1.03 bits per heavy atom. The second-order valence-electron chi connectivity index (χ2n) is 9.53. The smallest absolute Gasteiger partial charge is 0.257 e. The Hall–Kier alpha value is -2.80. The Balaban J connectivity index is 1.73. The number of nitrogens with zero attached hydrogens (tertiary/aromatic N) is 3. The summed E-state index contributed by atoms with van der Waals surface area (Å²) in [7, 11) is -6.02. The fraction of sp³-hybridized carbons (Fsp3) is 0.440. The molecule has 0 unspecified atom stereocenters. The summed E-state index contributed by atoms with van der Waals surface area (Å²) in [6, 6.07) is 9.94. The van der Waals surface area contributed by atoms with Crippen LogP contribution in [0.3, 0.4) is 0 Å². The average molecular weight is 551 g/mol. The molecular weight excluding hydrogens is 516 g/mol. The van der Waals surface area contributed by atoms with Crippen LogP contribution in [0.25, 0.3) is 0 Å². The zero-order valence-corrected chi connectivity index (χ0v) is 23.2. The highest BCUT2D eigenvalue weighted by Crippen LogP contribution is 2.25. The maximum atomic E-state index is 13.1. The number of nitrogens with one attached hydrogen (secondary N) is 1. The first-order chi connectivity index (χ1) is 17.3. The molecule has 0 radical (unpaired) electrons. The van der Waals surface area contributed by atoms with Gasteiger partial charge in [-0.2, -0.15) is 4.31 Å². The summed E-state index contributed by atoms with van der Waals surface area (Å²) in [4.78, 5) is 26.6. The minimum Gasteiger partial charge on any atom is -0.322 e. The second kappa shape index (κ2) is 11.7. The lowest BCUT2D eigenvalue weighted by Gasteiger charge is -2.34. The van der Waals surface area contributed by atoms with Gasteiger partial charge in [-0.3, -0.25) is 13.9 Å². The number of rotatable bonds is 10. The summed E-state index contributed by atoms with van der Waals surface area (Å²) in [6.07, 6.45) is 2.64. The van der Waals surface area contributed by atoms with Crippen LogP contribution in [0.5, 0.6) is 0 Å². The number of hydrogen-bond donors (Lipinski definition) is 1. The van der Waals surface area contributed by atoms with E-state index in [1.807, 2.05) is 0 Å². The Morgan fingerprint density at radius 3 is 2.19 bits per heavy atom. The van der Waals surface area contributed by atoms with E-state index in [-0.39, 0.29) is 21.7 Å². The van der Waals surface area contributed by atoms with Crippen molar-refractivity contribution in [2.75, 3.05) is 55.6 Å². The highest BCUT2D eigenvalue weighted by molar-refractivity contribution is 7.92. The van der Waals surface area contributed by atoms with Gasteiger partial charge in [0.25, 0.3) is 5.91 Å². The first-order valence-corrected chi connectivity index (χ1v) is 15.3. The van der Waals surface area contributed by atoms with Crippen molar-refractivity contribution in [3.8, 4) is 0 Å². The molecule has 0 saturated carbocycles. The molecule has 0 aromatic heterocycles. The fourth-order valence-corrected chi connectivity index (χ4v) is 5.89. The van der Waals surface area contributed by atoms with Crippen LogP contribution in [0, 0.1) is 5.92 Å². The van der Waals surface area contributed by atoms with Crippen molar-refractivity contribution in [2.45, 2.75) is 25.2 Å². The molecule has 10 nitrogen and oxygen atoms in total. The Kier molecular flexibility index (Phi) is 9.11. The normalized spacial score (nSPS) is 15.5. The molecule has 0 spiro atoms. The molecular formula is C25H34N4O6S2. The molecule has 2 aromatic carbocycles. The van der Waals surface area contributed by atoms with Crippen LogP contribution >= 0.6 is 0 Å². The third kappa shape index (κ3) is 7.16. The van der Waals surface area contributed by atoms with Crippen molar-refractivity contribution >= 4 is 43.6 Å². The molecule has 1 amide bonds. The van der Waals surface area contributed by atoms with Crippen LogP contribution < -0.4 is 9.62 Å². The van der Waals surface area contributed by atoms with Gasteiger partial charge in [0, 0.05) is 44.5 Å². The number of carbonyl (C=O) groups excluding carboxylic acids is 2. The van der Waals surface area contributed by atoms with Gasteiger partial charge in [-0.15, -0.1) is 0 Å². The van der Waals surface area contributed by atoms with Crippen LogP contribution in [0.1, 0.15) is 41.0 Å². The van der Waals surface area contributed by atoms with Crippen molar-refractivity contribution in [2.24, 2.45) is 5.92 Å². The number of piperazine rings is 1.